The topological polar surface area (TPSA) is 46.0 Å². The van der Waals surface area contributed by atoms with Gasteiger partial charge in [0, 0.05) is 4.47 Å². The van der Waals surface area contributed by atoms with Crippen LogP contribution in [0.15, 0.2) is 22.7 Å². The van der Waals surface area contributed by atoms with E-state index in [4.69, 9.17) is 0 Å². The molecule has 0 aliphatic heterocycles. The van der Waals surface area contributed by atoms with Gasteiger partial charge in [-0.25, -0.2) is 9.37 Å². The zero-order valence-corrected chi connectivity index (χ0v) is 10.5. The first kappa shape index (κ1) is 10.9. The zero-order chi connectivity index (χ0) is 12.0. The molecule has 1 heterocycles. The second-order valence-corrected chi connectivity index (χ2v) is 5.27. The molecule has 5 heteroatoms. The highest BCUT2D eigenvalue weighted by Crippen LogP contribution is 2.44. The van der Waals surface area contributed by atoms with Gasteiger partial charge in [-0.3, -0.25) is 0 Å². The van der Waals surface area contributed by atoms with Crippen LogP contribution >= 0.6 is 15.9 Å². The maximum atomic E-state index is 14.2. The summed E-state index contributed by atoms with van der Waals surface area (Å²) in [7, 11) is 0. The number of fused-ring (bicyclic) bond motifs is 1. The van der Waals surface area contributed by atoms with E-state index in [9.17, 15) is 9.50 Å². The second kappa shape index (κ2) is 3.63. The summed E-state index contributed by atoms with van der Waals surface area (Å²) in [5.74, 6) is -0.0497. The standard InChI is InChI=1S/C12H10BrFN2O/c13-7-2-3-9-8(6-7)10(17)16-11(15-9)12(14)4-1-5-12/h2-3,6H,1,4-5H2,(H,15,16,17). The number of halogens is 2. The van der Waals surface area contributed by atoms with E-state index in [0.717, 1.165) is 10.9 Å². The number of aromatic nitrogens is 2. The highest BCUT2D eigenvalue weighted by molar-refractivity contribution is 9.10. The summed E-state index contributed by atoms with van der Waals surface area (Å²) in [5, 5.41) is 10.4. The van der Waals surface area contributed by atoms with E-state index < -0.39 is 5.67 Å². The third kappa shape index (κ3) is 1.69. The molecule has 17 heavy (non-hydrogen) atoms. The van der Waals surface area contributed by atoms with Gasteiger partial charge in [-0.15, -0.1) is 0 Å². The Morgan fingerprint density at radius 2 is 2.06 bits per heavy atom. The van der Waals surface area contributed by atoms with Crippen LogP contribution in [0.25, 0.3) is 10.9 Å². The number of aromatic hydroxyl groups is 1. The van der Waals surface area contributed by atoms with Crippen LogP contribution in [0, 0.1) is 0 Å². The van der Waals surface area contributed by atoms with Crippen LogP contribution < -0.4 is 0 Å². The van der Waals surface area contributed by atoms with Crippen LogP contribution in [0.4, 0.5) is 4.39 Å². The van der Waals surface area contributed by atoms with Gasteiger partial charge < -0.3 is 5.11 Å². The SMILES string of the molecule is Oc1nc(C2(F)CCC2)nc2ccc(Br)cc12. The van der Waals surface area contributed by atoms with E-state index in [2.05, 4.69) is 25.9 Å². The van der Waals surface area contributed by atoms with Gasteiger partial charge in [0.2, 0.25) is 5.88 Å². The Labute approximate surface area is 106 Å². The van der Waals surface area contributed by atoms with E-state index in [0.29, 0.717) is 23.7 Å². The van der Waals surface area contributed by atoms with E-state index in [1.807, 2.05) is 6.07 Å². The van der Waals surface area contributed by atoms with Crippen molar-refractivity contribution in [1.29, 1.82) is 0 Å². The zero-order valence-electron chi connectivity index (χ0n) is 8.95. The second-order valence-electron chi connectivity index (χ2n) is 4.35. The molecule has 1 saturated carbocycles. The van der Waals surface area contributed by atoms with Crippen LogP contribution in [0.3, 0.4) is 0 Å². The van der Waals surface area contributed by atoms with Crippen molar-refractivity contribution in [2.75, 3.05) is 0 Å². The van der Waals surface area contributed by atoms with Crippen molar-refractivity contribution in [1.82, 2.24) is 9.97 Å². The van der Waals surface area contributed by atoms with Crippen molar-refractivity contribution in [3.63, 3.8) is 0 Å². The molecule has 1 aromatic heterocycles. The third-order valence-corrected chi connectivity index (χ3v) is 3.68. The lowest BCUT2D eigenvalue weighted by Crippen LogP contribution is -2.31. The first-order valence-corrected chi connectivity index (χ1v) is 6.23. The lowest BCUT2D eigenvalue weighted by atomic mass is 9.81. The van der Waals surface area contributed by atoms with Crippen LogP contribution in [0.1, 0.15) is 25.1 Å². The number of alkyl halides is 1. The van der Waals surface area contributed by atoms with Crippen molar-refractivity contribution < 1.29 is 9.50 Å². The van der Waals surface area contributed by atoms with E-state index >= 15 is 0 Å². The van der Waals surface area contributed by atoms with Crippen molar-refractivity contribution in [2.45, 2.75) is 24.9 Å². The van der Waals surface area contributed by atoms with E-state index in [-0.39, 0.29) is 11.7 Å². The molecule has 1 aliphatic carbocycles. The van der Waals surface area contributed by atoms with Gasteiger partial charge in [0.15, 0.2) is 11.5 Å². The molecule has 0 saturated heterocycles. The predicted molar refractivity (Wildman–Crippen MR) is 65.5 cm³/mol. The third-order valence-electron chi connectivity index (χ3n) is 3.18. The lowest BCUT2D eigenvalue weighted by Gasteiger charge is -2.32. The molecule has 0 bridgehead atoms. The molecule has 0 spiro atoms. The largest absolute Gasteiger partial charge is 0.493 e. The summed E-state index contributed by atoms with van der Waals surface area (Å²) < 4.78 is 15.0. The Morgan fingerprint density at radius 3 is 2.71 bits per heavy atom. The molecule has 3 nitrogen and oxygen atoms in total. The summed E-state index contributed by atoms with van der Waals surface area (Å²) >= 11 is 3.31. The maximum absolute atomic E-state index is 14.2. The quantitative estimate of drug-likeness (QED) is 0.877. The van der Waals surface area contributed by atoms with Crippen LogP contribution in [0.5, 0.6) is 5.88 Å². The smallest absolute Gasteiger partial charge is 0.222 e. The van der Waals surface area contributed by atoms with Gasteiger partial charge in [-0.05, 0) is 37.5 Å². The summed E-state index contributed by atoms with van der Waals surface area (Å²) in [6.07, 6.45) is 1.72. The molecule has 1 fully saturated rings. The van der Waals surface area contributed by atoms with Crippen molar-refractivity contribution >= 4 is 26.8 Å². The Kier molecular flexibility index (Phi) is 2.33. The Balaban J connectivity index is 2.20. The van der Waals surface area contributed by atoms with Crippen molar-refractivity contribution in [3.05, 3.63) is 28.5 Å². The number of benzene rings is 1. The molecule has 88 valence electrons. The first-order chi connectivity index (χ1) is 8.08. The molecule has 0 atom stereocenters. The Morgan fingerprint density at radius 1 is 1.29 bits per heavy atom. The minimum atomic E-state index is -1.45. The Hall–Kier alpha value is -1.23. The normalized spacial score (nSPS) is 18.0. The van der Waals surface area contributed by atoms with Gasteiger partial charge in [0.1, 0.15) is 0 Å². The summed E-state index contributed by atoms with van der Waals surface area (Å²) in [6, 6.07) is 5.27. The average Bonchev–Trinajstić information content (AvgIpc) is 2.26. The van der Waals surface area contributed by atoms with Crippen LogP contribution in [-0.2, 0) is 5.67 Å². The fourth-order valence-electron chi connectivity index (χ4n) is 2.00. The van der Waals surface area contributed by atoms with Crippen molar-refractivity contribution in [2.24, 2.45) is 0 Å². The van der Waals surface area contributed by atoms with E-state index in [1.54, 1.807) is 12.1 Å². The Bertz CT molecular complexity index is 598. The van der Waals surface area contributed by atoms with Gasteiger partial charge >= 0.3 is 0 Å². The molecule has 2 aromatic rings. The maximum Gasteiger partial charge on any atom is 0.222 e. The van der Waals surface area contributed by atoms with Crippen LogP contribution in [-0.4, -0.2) is 15.1 Å². The molecule has 0 amide bonds. The minimum absolute atomic E-state index is 0.107. The summed E-state index contributed by atoms with van der Waals surface area (Å²) in [4.78, 5) is 8.09. The van der Waals surface area contributed by atoms with Gasteiger partial charge in [-0.1, -0.05) is 15.9 Å². The minimum Gasteiger partial charge on any atom is -0.493 e. The molecule has 1 aromatic carbocycles. The average molecular weight is 297 g/mol. The van der Waals surface area contributed by atoms with Crippen molar-refractivity contribution in [3.8, 4) is 5.88 Å². The number of hydrogen-bond acceptors (Lipinski definition) is 3. The first-order valence-electron chi connectivity index (χ1n) is 5.44. The highest BCUT2D eigenvalue weighted by atomic mass is 79.9. The molecule has 3 rings (SSSR count). The number of hydrogen-bond donors (Lipinski definition) is 1. The predicted octanol–water partition coefficient (Wildman–Crippen LogP) is 3.45. The lowest BCUT2D eigenvalue weighted by molar-refractivity contribution is 0.0504. The molecule has 0 radical (unpaired) electrons. The fraction of sp³-hybridized carbons (Fsp3) is 0.333. The molecule has 0 unspecified atom stereocenters. The molecular weight excluding hydrogens is 287 g/mol. The van der Waals surface area contributed by atoms with E-state index in [1.165, 1.54) is 0 Å². The molecule has 1 N–H and O–H groups in total. The fourth-order valence-corrected chi connectivity index (χ4v) is 2.36. The van der Waals surface area contributed by atoms with Gasteiger partial charge in [0.25, 0.3) is 0 Å². The number of nitrogens with zero attached hydrogens (tertiary/aromatic N) is 2. The molecular formula is C12H10BrFN2O. The van der Waals surface area contributed by atoms with Gasteiger partial charge in [0.05, 0.1) is 10.9 Å². The van der Waals surface area contributed by atoms with Gasteiger partial charge in [-0.2, -0.15) is 4.98 Å². The highest BCUT2D eigenvalue weighted by Gasteiger charge is 2.42. The van der Waals surface area contributed by atoms with Crippen LogP contribution in [0.2, 0.25) is 0 Å². The summed E-state index contributed by atoms with van der Waals surface area (Å²) in [5.41, 5.74) is -0.877. The summed E-state index contributed by atoms with van der Waals surface area (Å²) in [6.45, 7) is 0. The molecule has 1 aliphatic rings. The monoisotopic (exact) mass is 296 g/mol. The number of rotatable bonds is 1.